The molecule has 1 atom stereocenters. The molecule has 0 rings (SSSR count). The average Bonchev–Trinajstić information content (AvgIpc) is 2.10. The highest BCUT2D eigenvalue weighted by Gasteiger charge is 2.70. The molecule has 0 radical (unpaired) electrons. The third-order valence-corrected chi connectivity index (χ3v) is 3.18. The van der Waals surface area contributed by atoms with Crippen molar-refractivity contribution in [3.05, 3.63) is 0 Å². The maximum atomic E-state index is 13.6. The first kappa shape index (κ1) is 19.6. The summed E-state index contributed by atoms with van der Waals surface area (Å²) in [5, 5.41) is 0. The van der Waals surface area contributed by atoms with Gasteiger partial charge in [-0.05, 0) is 13.3 Å². The number of hydrogen-bond acceptors (Lipinski definition) is 2. The average molecular weight is 336 g/mol. The molecule has 0 bridgehead atoms. The molecule has 2 N–H and O–H groups in total. The van der Waals surface area contributed by atoms with Crippen LogP contribution in [0.3, 0.4) is 0 Å². The standard InChI is InChI=1S/C8H12F7O4P/c1-3-5(2,19-20(16,17)18)8(14,15)6(9,10)4-7(11,12)13/h3-4H2,1-2H3,(H2,16,17,18). The summed E-state index contributed by atoms with van der Waals surface area (Å²) in [5.41, 5.74) is -3.47. The van der Waals surface area contributed by atoms with Gasteiger partial charge in [-0.25, -0.2) is 4.57 Å². The van der Waals surface area contributed by atoms with Crippen LogP contribution in [0.25, 0.3) is 0 Å². The molecule has 122 valence electrons. The summed E-state index contributed by atoms with van der Waals surface area (Å²) in [4.78, 5) is 16.9. The number of phosphoric ester groups is 1. The third kappa shape index (κ3) is 4.57. The Morgan fingerprint density at radius 1 is 1.05 bits per heavy atom. The quantitative estimate of drug-likeness (QED) is 0.576. The van der Waals surface area contributed by atoms with Crippen LogP contribution in [0, 0.1) is 0 Å². The Balaban J connectivity index is 5.60. The fourth-order valence-corrected chi connectivity index (χ4v) is 2.12. The molecule has 0 saturated heterocycles. The summed E-state index contributed by atoms with van der Waals surface area (Å²) < 4.78 is 103. The van der Waals surface area contributed by atoms with Crippen molar-refractivity contribution in [2.24, 2.45) is 0 Å². The van der Waals surface area contributed by atoms with Gasteiger partial charge >= 0.3 is 25.8 Å². The van der Waals surface area contributed by atoms with Crippen molar-refractivity contribution in [1.82, 2.24) is 0 Å². The second-order valence-electron chi connectivity index (χ2n) is 4.24. The van der Waals surface area contributed by atoms with E-state index in [4.69, 9.17) is 9.79 Å². The van der Waals surface area contributed by atoms with E-state index in [9.17, 15) is 35.3 Å². The summed E-state index contributed by atoms with van der Waals surface area (Å²) in [6.45, 7) is 1.02. The van der Waals surface area contributed by atoms with Gasteiger partial charge < -0.3 is 9.79 Å². The normalized spacial score (nSPS) is 17.9. The topological polar surface area (TPSA) is 66.8 Å². The van der Waals surface area contributed by atoms with Crippen molar-refractivity contribution in [2.45, 2.75) is 50.3 Å². The summed E-state index contributed by atoms with van der Waals surface area (Å²) >= 11 is 0. The smallest absolute Gasteiger partial charge is 0.303 e. The summed E-state index contributed by atoms with van der Waals surface area (Å²) in [7, 11) is -5.62. The fourth-order valence-electron chi connectivity index (χ4n) is 1.36. The lowest BCUT2D eigenvalue weighted by Crippen LogP contribution is -2.59. The van der Waals surface area contributed by atoms with Crippen molar-refractivity contribution < 1.29 is 49.6 Å². The van der Waals surface area contributed by atoms with Gasteiger partial charge in [0, 0.05) is 0 Å². The zero-order valence-electron chi connectivity index (χ0n) is 10.2. The third-order valence-electron chi connectivity index (χ3n) is 2.54. The fraction of sp³-hybridized carbons (Fsp3) is 1.00. The number of rotatable bonds is 6. The van der Waals surface area contributed by atoms with E-state index in [0.717, 1.165) is 6.92 Å². The Morgan fingerprint density at radius 3 is 1.70 bits per heavy atom. The Bertz CT molecular complexity index is 391. The van der Waals surface area contributed by atoms with E-state index in [0.29, 0.717) is 0 Å². The molecule has 0 aromatic heterocycles. The molecule has 0 fully saturated rings. The molecule has 0 heterocycles. The highest BCUT2D eigenvalue weighted by atomic mass is 31.2. The van der Waals surface area contributed by atoms with Crippen LogP contribution in [0.15, 0.2) is 0 Å². The maximum Gasteiger partial charge on any atom is 0.470 e. The van der Waals surface area contributed by atoms with Gasteiger partial charge in [0.2, 0.25) is 0 Å². The van der Waals surface area contributed by atoms with Crippen LogP contribution < -0.4 is 0 Å². The van der Waals surface area contributed by atoms with Crippen molar-refractivity contribution in [3.63, 3.8) is 0 Å². The zero-order valence-corrected chi connectivity index (χ0v) is 11.1. The molecule has 0 aromatic carbocycles. The van der Waals surface area contributed by atoms with E-state index in [1.807, 2.05) is 0 Å². The summed E-state index contributed by atoms with van der Waals surface area (Å²) in [6.07, 6.45) is -9.80. The van der Waals surface area contributed by atoms with Crippen molar-refractivity contribution in [1.29, 1.82) is 0 Å². The Labute approximate surface area is 109 Å². The van der Waals surface area contributed by atoms with Crippen LogP contribution in [-0.4, -0.2) is 33.4 Å². The van der Waals surface area contributed by atoms with Crippen LogP contribution in [0.4, 0.5) is 30.7 Å². The minimum atomic E-state index is -5.62. The lowest BCUT2D eigenvalue weighted by atomic mass is 9.88. The van der Waals surface area contributed by atoms with E-state index >= 15 is 0 Å². The first-order valence-electron chi connectivity index (χ1n) is 5.06. The molecular weight excluding hydrogens is 324 g/mol. The van der Waals surface area contributed by atoms with E-state index in [1.165, 1.54) is 0 Å². The van der Waals surface area contributed by atoms with Gasteiger partial charge in [0.1, 0.15) is 12.0 Å². The minimum Gasteiger partial charge on any atom is -0.303 e. The zero-order chi connectivity index (χ0) is 16.6. The molecule has 1 unspecified atom stereocenters. The van der Waals surface area contributed by atoms with Crippen LogP contribution in [0.5, 0.6) is 0 Å². The van der Waals surface area contributed by atoms with Gasteiger partial charge in [0.05, 0.1) is 0 Å². The van der Waals surface area contributed by atoms with Crippen molar-refractivity contribution >= 4 is 7.82 Å². The molecule has 0 aliphatic rings. The summed E-state index contributed by atoms with van der Waals surface area (Å²) in [5.74, 6) is -11.0. The molecule has 0 saturated carbocycles. The molecule has 0 aliphatic heterocycles. The molecular formula is C8H12F7O4P. The predicted octanol–water partition coefficient (Wildman–Crippen LogP) is 3.49. The minimum absolute atomic E-state index is 0.205. The Morgan fingerprint density at radius 2 is 1.45 bits per heavy atom. The lowest BCUT2D eigenvalue weighted by Gasteiger charge is -2.40. The number of alkyl halides is 7. The van der Waals surface area contributed by atoms with E-state index < -0.39 is 44.3 Å². The molecule has 20 heavy (non-hydrogen) atoms. The molecule has 4 nitrogen and oxygen atoms in total. The maximum absolute atomic E-state index is 13.6. The first-order chi connectivity index (χ1) is 8.47. The van der Waals surface area contributed by atoms with Crippen LogP contribution in [0.1, 0.15) is 26.7 Å². The van der Waals surface area contributed by atoms with Crippen LogP contribution in [0.2, 0.25) is 0 Å². The number of phosphoric acid groups is 1. The Kier molecular flexibility index (Phi) is 5.33. The second kappa shape index (κ2) is 5.43. The number of halogens is 7. The largest absolute Gasteiger partial charge is 0.470 e. The summed E-state index contributed by atoms with van der Waals surface area (Å²) in [6, 6.07) is 0. The van der Waals surface area contributed by atoms with Crippen LogP contribution in [-0.2, 0) is 9.09 Å². The van der Waals surface area contributed by atoms with Gasteiger partial charge in [-0.15, -0.1) is 0 Å². The monoisotopic (exact) mass is 336 g/mol. The van der Waals surface area contributed by atoms with Gasteiger partial charge in [-0.3, -0.25) is 4.52 Å². The van der Waals surface area contributed by atoms with Crippen molar-refractivity contribution in [3.8, 4) is 0 Å². The van der Waals surface area contributed by atoms with E-state index in [-0.39, 0.29) is 6.92 Å². The predicted molar refractivity (Wildman–Crippen MR) is 52.4 cm³/mol. The molecule has 12 heteroatoms. The highest BCUT2D eigenvalue weighted by Crippen LogP contribution is 2.55. The van der Waals surface area contributed by atoms with Gasteiger partial charge in [-0.2, -0.15) is 30.7 Å². The number of hydrogen-bond donors (Lipinski definition) is 2. The second-order valence-corrected chi connectivity index (χ2v) is 5.40. The highest BCUT2D eigenvalue weighted by molar-refractivity contribution is 7.46. The van der Waals surface area contributed by atoms with Crippen molar-refractivity contribution in [2.75, 3.05) is 0 Å². The SMILES string of the molecule is CCC(C)(OP(=O)(O)O)C(F)(F)C(F)(F)CC(F)(F)F. The van der Waals surface area contributed by atoms with Gasteiger partial charge in [0.25, 0.3) is 0 Å². The molecule has 0 aromatic rings. The first-order valence-corrected chi connectivity index (χ1v) is 6.59. The van der Waals surface area contributed by atoms with Gasteiger partial charge in [-0.1, -0.05) is 6.92 Å². The van der Waals surface area contributed by atoms with E-state index in [2.05, 4.69) is 4.52 Å². The van der Waals surface area contributed by atoms with Crippen LogP contribution >= 0.6 is 7.82 Å². The lowest BCUT2D eigenvalue weighted by molar-refractivity contribution is -0.310. The molecule has 0 amide bonds. The molecule has 0 spiro atoms. The molecule has 0 aliphatic carbocycles. The Hall–Kier alpha value is -0.380. The van der Waals surface area contributed by atoms with E-state index in [1.54, 1.807) is 0 Å². The van der Waals surface area contributed by atoms with Gasteiger partial charge in [0.15, 0.2) is 0 Å².